The van der Waals surface area contributed by atoms with Gasteiger partial charge in [-0.05, 0) is 6.92 Å². The fraction of sp³-hybridized carbons (Fsp3) is 0.750. The maximum atomic E-state index is 10.2. The third-order valence-corrected chi connectivity index (χ3v) is 1.64. The standard InChI is InChI=1S/C4H6ClNO/c1-2-3(5)4(7)6-2/h2-3H,1H3,(H,6,7)/t2-,3+/m1/s1. The molecule has 1 heterocycles. The van der Waals surface area contributed by atoms with Gasteiger partial charge in [0.2, 0.25) is 5.91 Å². The van der Waals surface area contributed by atoms with Crippen molar-refractivity contribution in [2.24, 2.45) is 0 Å². The van der Waals surface area contributed by atoms with Crippen molar-refractivity contribution in [3.05, 3.63) is 0 Å². The van der Waals surface area contributed by atoms with Gasteiger partial charge in [-0.2, -0.15) is 0 Å². The number of hydrogen-bond acceptors (Lipinski definition) is 1. The molecule has 0 aromatic rings. The smallest absolute Gasteiger partial charge is 0.240 e. The van der Waals surface area contributed by atoms with E-state index in [1.54, 1.807) is 0 Å². The Morgan fingerprint density at radius 1 is 1.86 bits per heavy atom. The van der Waals surface area contributed by atoms with E-state index < -0.39 is 0 Å². The van der Waals surface area contributed by atoms with Crippen LogP contribution in [0.1, 0.15) is 6.92 Å². The average Bonchev–Trinajstić information content (AvgIpc) is 1.68. The highest BCUT2D eigenvalue weighted by atomic mass is 35.5. The molecule has 2 atom stereocenters. The zero-order valence-electron chi connectivity index (χ0n) is 3.94. The fourth-order valence-electron chi connectivity index (χ4n) is 0.508. The van der Waals surface area contributed by atoms with Gasteiger partial charge in [0.25, 0.3) is 0 Å². The van der Waals surface area contributed by atoms with Crippen molar-refractivity contribution in [2.45, 2.75) is 18.3 Å². The van der Waals surface area contributed by atoms with Gasteiger partial charge in [-0.15, -0.1) is 11.6 Å². The van der Waals surface area contributed by atoms with E-state index in [4.69, 9.17) is 11.6 Å². The summed E-state index contributed by atoms with van der Waals surface area (Å²) in [5.74, 6) is -0.0471. The summed E-state index contributed by atoms with van der Waals surface area (Å²) in [6.45, 7) is 1.87. The monoisotopic (exact) mass is 119 g/mol. The molecule has 0 bridgehead atoms. The normalized spacial score (nSPS) is 39.4. The van der Waals surface area contributed by atoms with Crippen LogP contribution in [0.2, 0.25) is 0 Å². The van der Waals surface area contributed by atoms with Crippen LogP contribution in [0.25, 0.3) is 0 Å². The lowest BCUT2D eigenvalue weighted by Crippen LogP contribution is -2.57. The Bertz CT molecular complexity index is 104. The first kappa shape index (κ1) is 4.91. The molecule has 0 aromatic carbocycles. The number of hydrogen-bond donors (Lipinski definition) is 1. The molecule has 1 N–H and O–H groups in total. The molecule has 1 rings (SSSR count). The van der Waals surface area contributed by atoms with Gasteiger partial charge in [0, 0.05) is 0 Å². The number of β-lactam (4-membered cyclic amide) rings is 1. The summed E-state index contributed by atoms with van der Waals surface area (Å²) in [4.78, 5) is 10.2. The van der Waals surface area contributed by atoms with Crippen LogP contribution < -0.4 is 5.32 Å². The number of rotatable bonds is 0. The first-order valence-corrected chi connectivity index (χ1v) is 2.60. The first-order chi connectivity index (χ1) is 3.22. The van der Waals surface area contributed by atoms with Gasteiger partial charge in [0.05, 0.1) is 6.04 Å². The highest BCUT2D eigenvalue weighted by Crippen LogP contribution is 2.11. The summed E-state index contributed by atoms with van der Waals surface area (Å²) in [6.07, 6.45) is 0. The van der Waals surface area contributed by atoms with Gasteiger partial charge < -0.3 is 5.32 Å². The molecular formula is C4H6ClNO. The number of amides is 1. The van der Waals surface area contributed by atoms with E-state index >= 15 is 0 Å². The molecule has 0 aromatic heterocycles. The third-order valence-electron chi connectivity index (χ3n) is 1.06. The van der Waals surface area contributed by atoms with Gasteiger partial charge in [-0.1, -0.05) is 0 Å². The van der Waals surface area contributed by atoms with Crippen LogP contribution in [0.15, 0.2) is 0 Å². The molecule has 7 heavy (non-hydrogen) atoms. The zero-order chi connectivity index (χ0) is 5.44. The van der Waals surface area contributed by atoms with E-state index in [9.17, 15) is 4.79 Å². The minimum Gasteiger partial charge on any atom is -0.350 e. The molecule has 3 heteroatoms. The molecule has 1 aliphatic heterocycles. The predicted octanol–water partition coefficient (Wildman–Crippen LogP) is 0.112. The highest BCUT2D eigenvalue weighted by molar-refractivity contribution is 6.33. The largest absolute Gasteiger partial charge is 0.350 e. The summed E-state index contributed by atoms with van der Waals surface area (Å²) in [5.41, 5.74) is 0. The zero-order valence-corrected chi connectivity index (χ0v) is 4.70. The number of alkyl halides is 1. The van der Waals surface area contributed by atoms with Crippen molar-refractivity contribution in [1.29, 1.82) is 0 Å². The van der Waals surface area contributed by atoms with Crippen molar-refractivity contribution in [3.63, 3.8) is 0 Å². The van der Waals surface area contributed by atoms with E-state index in [0.717, 1.165) is 0 Å². The van der Waals surface area contributed by atoms with Gasteiger partial charge in [0.1, 0.15) is 5.38 Å². The van der Waals surface area contributed by atoms with Gasteiger partial charge in [0.15, 0.2) is 0 Å². The molecular weight excluding hydrogens is 114 g/mol. The van der Waals surface area contributed by atoms with Crippen molar-refractivity contribution in [3.8, 4) is 0 Å². The van der Waals surface area contributed by atoms with Crippen molar-refractivity contribution >= 4 is 17.5 Å². The second-order valence-electron chi connectivity index (χ2n) is 1.70. The lowest BCUT2D eigenvalue weighted by Gasteiger charge is -2.28. The number of carbonyl (C=O) groups is 1. The summed E-state index contributed by atoms with van der Waals surface area (Å²) >= 11 is 5.44. The molecule has 2 nitrogen and oxygen atoms in total. The van der Waals surface area contributed by atoms with Crippen molar-refractivity contribution in [2.75, 3.05) is 0 Å². The molecule has 1 saturated heterocycles. The maximum Gasteiger partial charge on any atom is 0.240 e. The number of carbonyl (C=O) groups excluding carboxylic acids is 1. The van der Waals surface area contributed by atoms with Crippen LogP contribution >= 0.6 is 11.6 Å². The van der Waals surface area contributed by atoms with Crippen LogP contribution in [-0.2, 0) is 4.79 Å². The molecule has 0 aliphatic carbocycles. The molecule has 0 saturated carbocycles. The van der Waals surface area contributed by atoms with Crippen molar-refractivity contribution < 1.29 is 4.79 Å². The predicted molar refractivity (Wildman–Crippen MR) is 27.2 cm³/mol. The second-order valence-corrected chi connectivity index (χ2v) is 2.17. The SMILES string of the molecule is C[C@H]1NC(=O)[C@H]1Cl. The Morgan fingerprint density at radius 3 is 2.43 bits per heavy atom. The Labute approximate surface area is 46.8 Å². The van der Waals surface area contributed by atoms with Crippen LogP contribution in [0.4, 0.5) is 0 Å². The van der Waals surface area contributed by atoms with Gasteiger partial charge >= 0.3 is 0 Å². The van der Waals surface area contributed by atoms with Crippen LogP contribution in [0.3, 0.4) is 0 Å². The molecule has 1 fully saturated rings. The molecule has 40 valence electrons. The fourth-order valence-corrected chi connectivity index (χ4v) is 0.634. The van der Waals surface area contributed by atoms with E-state index in [2.05, 4.69) is 5.32 Å². The molecule has 0 radical (unpaired) electrons. The number of halogens is 1. The summed E-state index contributed by atoms with van der Waals surface area (Å²) in [6, 6.07) is 0.175. The Kier molecular flexibility index (Phi) is 0.961. The minimum absolute atomic E-state index is 0.0471. The highest BCUT2D eigenvalue weighted by Gasteiger charge is 2.33. The molecule has 0 unspecified atom stereocenters. The van der Waals surface area contributed by atoms with E-state index in [1.807, 2.05) is 6.92 Å². The summed E-state index contributed by atoms with van der Waals surface area (Å²) in [7, 11) is 0. The van der Waals surface area contributed by atoms with E-state index in [1.165, 1.54) is 0 Å². The quantitative estimate of drug-likeness (QED) is 0.356. The second kappa shape index (κ2) is 1.37. The van der Waals surface area contributed by atoms with E-state index in [-0.39, 0.29) is 17.3 Å². The molecule has 1 amide bonds. The van der Waals surface area contributed by atoms with Crippen molar-refractivity contribution in [1.82, 2.24) is 5.32 Å². The van der Waals surface area contributed by atoms with Crippen LogP contribution in [-0.4, -0.2) is 17.3 Å². The van der Waals surface area contributed by atoms with E-state index in [0.29, 0.717) is 0 Å². The summed E-state index contributed by atoms with van der Waals surface area (Å²) < 4.78 is 0. The third kappa shape index (κ3) is 0.589. The lowest BCUT2D eigenvalue weighted by molar-refractivity contribution is -0.127. The lowest BCUT2D eigenvalue weighted by atomic mass is 10.1. The topological polar surface area (TPSA) is 29.1 Å². The summed E-state index contributed by atoms with van der Waals surface area (Å²) in [5, 5.41) is 2.31. The van der Waals surface area contributed by atoms with Crippen LogP contribution in [0.5, 0.6) is 0 Å². The number of nitrogens with one attached hydrogen (secondary N) is 1. The maximum absolute atomic E-state index is 10.2. The van der Waals surface area contributed by atoms with Gasteiger partial charge in [-0.3, -0.25) is 4.79 Å². The Hall–Kier alpha value is -0.240. The average molecular weight is 120 g/mol. The van der Waals surface area contributed by atoms with Gasteiger partial charge in [-0.25, -0.2) is 0 Å². The molecule has 1 aliphatic rings. The van der Waals surface area contributed by atoms with Crippen LogP contribution in [0, 0.1) is 0 Å². The Balaban J connectivity index is 2.43. The first-order valence-electron chi connectivity index (χ1n) is 2.16. The minimum atomic E-state index is -0.278. The Morgan fingerprint density at radius 2 is 2.43 bits per heavy atom. The molecule has 0 spiro atoms.